The van der Waals surface area contributed by atoms with Crippen molar-refractivity contribution >= 4 is 0 Å². The first-order valence-electron chi connectivity index (χ1n) is 7.34. The van der Waals surface area contributed by atoms with Crippen molar-refractivity contribution in [2.24, 2.45) is 0 Å². The van der Waals surface area contributed by atoms with Gasteiger partial charge in [0.2, 0.25) is 0 Å². The van der Waals surface area contributed by atoms with E-state index in [0.717, 1.165) is 32.2 Å². The van der Waals surface area contributed by atoms with Gasteiger partial charge in [-0.15, -0.1) is 0 Å². The lowest BCUT2D eigenvalue weighted by atomic mass is 10.1. The van der Waals surface area contributed by atoms with Crippen LogP contribution in [0.5, 0.6) is 0 Å². The molecule has 1 saturated heterocycles. The minimum Gasteiger partial charge on any atom is -0.379 e. The molecule has 0 bridgehead atoms. The largest absolute Gasteiger partial charge is 0.379 e. The smallest absolute Gasteiger partial charge is 0.0954 e. The van der Waals surface area contributed by atoms with E-state index < -0.39 is 0 Å². The van der Waals surface area contributed by atoms with Crippen LogP contribution in [0.2, 0.25) is 0 Å². The highest BCUT2D eigenvalue weighted by Gasteiger charge is 2.26. The summed E-state index contributed by atoms with van der Waals surface area (Å²) in [4.78, 5) is 0. The first-order valence-corrected chi connectivity index (χ1v) is 7.34. The molecule has 1 aromatic carbocycles. The van der Waals surface area contributed by atoms with Crippen molar-refractivity contribution in [3.05, 3.63) is 35.4 Å². The molecule has 3 nitrogen and oxygen atoms in total. The van der Waals surface area contributed by atoms with Gasteiger partial charge in [0.1, 0.15) is 0 Å². The molecule has 0 amide bonds. The fourth-order valence-corrected chi connectivity index (χ4v) is 2.53. The average molecular weight is 261 g/mol. The van der Waals surface area contributed by atoms with Gasteiger partial charge in [0.05, 0.1) is 18.8 Å². The van der Waals surface area contributed by atoms with Gasteiger partial charge in [-0.3, -0.25) is 0 Å². The average Bonchev–Trinajstić information content (AvgIpc) is 3.10. The highest BCUT2D eigenvalue weighted by atomic mass is 16.6. The van der Waals surface area contributed by atoms with Gasteiger partial charge in [-0.05, 0) is 31.7 Å². The fourth-order valence-electron chi connectivity index (χ4n) is 2.53. The topological polar surface area (TPSA) is 30.5 Å². The summed E-state index contributed by atoms with van der Waals surface area (Å²) in [5.74, 6) is 0. The predicted octanol–water partition coefficient (Wildman–Crippen LogP) is 2.59. The fraction of sp³-hybridized carbons (Fsp3) is 0.625. The summed E-state index contributed by atoms with van der Waals surface area (Å²) < 4.78 is 11.7. The number of benzene rings is 1. The van der Waals surface area contributed by atoms with Crippen molar-refractivity contribution in [2.45, 2.75) is 44.4 Å². The maximum absolute atomic E-state index is 6.24. The Hall–Kier alpha value is -0.900. The van der Waals surface area contributed by atoms with E-state index in [0.29, 0.717) is 0 Å². The van der Waals surface area contributed by atoms with Crippen LogP contribution >= 0.6 is 0 Å². The van der Waals surface area contributed by atoms with Crippen LogP contribution in [0.4, 0.5) is 0 Å². The van der Waals surface area contributed by atoms with Crippen molar-refractivity contribution in [2.75, 3.05) is 19.8 Å². The maximum atomic E-state index is 6.24. The van der Waals surface area contributed by atoms with Crippen molar-refractivity contribution in [3.63, 3.8) is 0 Å². The summed E-state index contributed by atoms with van der Waals surface area (Å²) in [5, 5.41) is 3.58. The molecule has 1 aliphatic carbocycles. The summed E-state index contributed by atoms with van der Waals surface area (Å²) in [5.41, 5.74) is 2.57. The SMILES string of the molecule is Cc1cccc(C(CNC2CC2)OC2CCOC2)c1. The quantitative estimate of drug-likeness (QED) is 0.854. The van der Waals surface area contributed by atoms with Crippen molar-refractivity contribution in [1.82, 2.24) is 5.32 Å². The predicted molar refractivity (Wildman–Crippen MR) is 75.3 cm³/mol. The van der Waals surface area contributed by atoms with Crippen LogP contribution in [0.3, 0.4) is 0 Å². The molecule has 0 spiro atoms. The number of ether oxygens (including phenoxy) is 2. The number of nitrogens with one attached hydrogen (secondary N) is 1. The van der Waals surface area contributed by atoms with Gasteiger partial charge in [-0.25, -0.2) is 0 Å². The van der Waals surface area contributed by atoms with Crippen molar-refractivity contribution < 1.29 is 9.47 Å². The van der Waals surface area contributed by atoms with E-state index in [1.807, 2.05) is 0 Å². The summed E-state index contributed by atoms with van der Waals surface area (Å²) in [6.45, 7) is 4.62. The Kier molecular flexibility index (Phi) is 4.16. The Morgan fingerprint density at radius 2 is 2.26 bits per heavy atom. The molecule has 3 rings (SSSR count). The van der Waals surface area contributed by atoms with E-state index in [1.165, 1.54) is 24.0 Å². The molecule has 1 N–H and O–H groups in total. The zero-order valence-corrected chi connectivity index (χ0v) is 11.6. The molecule has 1 saturated carbocycles. The van der Waals surface area contributed by atoms with Gasteiger partial charge in [0.15, 0.2) is 0 Å². The minimum atomic E-state index is 0.146. The second kappa shape index (κ2) is 6.04. The molecule has 1 heterocycles. The molecule has 2 atom stereocenters. The molecule has 2 aliphatic rings. The van der Waals surface area contributed by atoms with Crippen LogP contribution in [0.1, 0.15) is 36.5 Å². The van der Waals surface area contributed by atoms with Gasteiger partial charge >= 0.3 is 0 Å². The van der Waals surface area contributed by atoms with Gasteiger partial charge in [0, 0.05) is 19.2 Å². The Bertz CT molecular complexity index is 411. The van der Waals surface area contributed by atoms with E-state index in [-0.39, 0.29) is 12.2 Å². The number of hydrogen-bond donors (Lipinski definition) is 1. The van der Waals surface area contributed by atoms with Gasteiger partial charge in [-0.1, -0.05) is 29.8 Å². The highest BCUT2D eigenvalue weighted by molar-refractivity contribution is 5.24. The standard InChI is InChI=1S/C16H23NO2/c1-12-3-2-4-13(9-12)16(10-17-14-5-6-14)19-15-7-8-18-11-15/h2-4,9,14-17H,5-8,10-11H2,1H3. The minimum absolute atomic E-state index is 0.146. The third kappa shape index (κ3) is 3.78. The summed E-state index contributed by atoms with van der Waals surface area (Å²) in [6, 6.07) is 9.37. The van der Waals surface area contributed by atoms with Crippen LogP contribution in [0.15, 0.2) is 24.3 Å². The van der Waals surface area contributed by atoms with Crippen LogP contribution in [0, 0.1) is 6.92 Å². The lowest BCUT2D eigenvalue weighted by Crippen LogP contribution is -2.28. The molecule has 0 radical (unpaired) electrons. The first kappa shape index (κ1) is 13.1. The molecule has 2 fully saturated rings. The molecule has 0 aromatic heterocycles. The highest BCUT2D eigenvalue weighted by Crippen LogP contribution is 2.25. The van der Waals surface area contributed by atoms with E-state index in [1.54, 1.807) is 0 Å². The van der Waals surface area contributed by atoms with Crippen molar-refractivity contribution in [1.29, 1.82) is 0 Å². The van der Waals surface area contributed by atoms with Crippen molar-refractivity contribution in [3.8, 4) is 0 Å². The molecular formula is C16H23NO2. The normalized spacial score (nSPS) is 24.6. The van der Waals surface area contributed by atoms with Gasteiger partial charge in [-0.2, -0.15) is 0 Å². The first-order chi connectivity index (χ1) is 9.31. The van der Waals surface area contributed by atoms with Gasteiger partial charge in [0.25, 0.3) is 0 Å². The second-order valence-electron chi connectivity index (χ2n) is 5.71. The van der Waals surface area contributed by atoms with Crippen LogP contribution in [0.25, 0.3) is 0 Å². The molecule has 3 heteroatoms. The third-order valence-corrected chi connectivity index (χ3v) is 3.83. The van der Waals surface area contributed by atoms with Crippen LogP contribution < -0.4 is 5.32 Å². The third-order valence-electron chi connectivity index (χ3n) is 3.83. The Balaban J connectivity index is 1.66. The monoisotopic (exact) mass is 261 g/mol. The Morgan fingerprint density at radius 3 is 2.95 bits per heavy atom. The van der Waals surface area contributed by atoms with E-state index in [2.05, 4.69) is 36.5 Å². The zero-order chi connectivity index (χ0) is 13.1. The number of rotatable bonds is 6. The van der Waals surface area contributed by atoms with E-state index in [9.17, 15) is 0 Å². The summed E-state index contributed by atoms with van der Waals surface area (Å²) in [7, 11) is 0. The summed E-state index contributed by atoms with van der Waals surface area (Å²) in [6.07, 6.45) is 4.05. The zero-order valence-electron chi connectivity index (χ0n) is 11.6. The molecule has 104 valence electrons. The van der Waals surface area contributed by atoms with Gasteiger partial charge < -0.3 is 14.8 Å². The lowest BCUT2D eigenvalue weighted by molar-refractivity contribution is -0.0166. The molecule has 1 aliphatic heterocycles. The van der Waals surface area contributed by atoms with Crippen LogP contribution in [-0.2, 0) is 9.47 Å². The van der Waals surface area contributed by atoms with E-state index in [4.69, 9.17) is 9.47 Å². The number of aryl methyl sites for hydroxylation is 1. The van der Waals surface area contributed by atoms with Crippen LogP contribution in [-0.4, -0.2) is 31.9 Å². The Morgan fingerprint density at radius 1 is 1.37 bits per heavy atom. The molecule has 19 heavy (non-hydrogen) atoms. The summed E-state index contributed by atoms with van der Waals surface area (Å²) >= 11 is 0. The second-order valence-corrected chi connectivity index (χ2v) is 5.71. The maximum Gasteiger partial charge on any atom is 0.0954 e. The molecular weight excluding hydrogens is 238 g/mol. The Labute approximate surface area is 115 Å². The number of hydrogen-bond acceptors (Lipinski definition) is 3. The van der Waals surface area contributed by atoms with E-state index >= 15 is 0 Å². The lowest BCUT2D eigenvalue weighted by Gasteiger charge is -2.22. The molecule has 1 aromatic rings. The molecule has 2 unspecified atom stereocenters.